The van der Waals surface area contributed by atoms with E-state index >= 15 is 0 Å². The highest BCUT2D eigenvalue weighted by Gasteiger charge is 2.21. The van der Waals surface area contributed by atoms with Gasteiger partial charge in [0.25, 0.3) is 0 Å². The molecule has 0 saturated carbocycles. The van der Waals surface area contributed by atoms with Gasteiger partial charge >= 0.3 is 0 Å². The molecule has 0 bridgehead atoms. The smallest absolute Gasteiger partial charge is 0.133 e. The molecule has 108 valence electrons. The maximum absolute atomic E-state index is 10.0. The van der Waals surface area contributed by atoms with Gasteiger partial charge in [-0.25, -0.2) is 4.98 Å². The van der Waals surface area contributed by atoms with E-state index < -0.39 is 5.60 Å². The Balaban J connectivity index is 3.03. The maximum Gasteiger partial charge on any atom is 0.133 e. The second kappa shape index (κ2) is 6.87. The predicted octanol–water partition coefficient (Wildman–Crippen LogP) is 2.35. The second-order valence-electron chi connectivity index (χ2n) is 5.52. The van der Waals surface area contributed by atoms with Crippen LogP contribution < -0.4 is 10.2 Å². The Morgan fingerprint density at radius 3 is 2.63 bits per heavy atom. The van der Waals surface area contributed by atoms with Gasteiger partial charge in [0.1, 0.15) is 5.82 Å². The quantitative estimate of drug-likeness (QED) is 0.794. The van der Waals surface area contributed by atoms with Crippen molar-refractivity contribution < 1.29 is 5.11 Å². The van der Waals surface area contributed by atoms with Gasteiger partial charge in [0.2, 0.25) is 0 Å². The Hall–Kier alpha value is -1.13. The molecule has 1 rings (SSSR count). The highest BCUT2D eigenvalue weighted by atomic mass is 16.3. The minimum Gasteiger partial charge on any atom is -0.389 e. The van der Waals surface area contributed by atoms with E-state index in [1.54, 1.807) is 0 Å². The molecule has 1 atom stereocenters. The van der Waals surface area contributed by atoms with Gasteiger partial charge < -0.3 is 15.3 Å². The summed E-state index contributed by atoms with van der Waals surface area (Å²) in [4.78, 5) is 6.64. The molecule has 0 aliphatic carbocycles. The van der Waals surface area contributed by atoms with E-state index in [-0.39, 0.29) is 6.04 Å². The van der Waals surface area contributed by atoms with Crippen LogP contribution in [0, 0.1) is 0 Å². The van der Waals surface area contributed by atoms with E-state index in [9.17, 15) is 5.11 Å². The van der Waals surface area contributed by atoms with Crippen molar-refractivity contribution in [1.29, 1.82) is 0 Å². The van der Waals surface area contributed by atoms with Crippen molar-refractivity contribution in [3.05, 3.63) is 23.9 Å². The Kier molecular flexibility index (Phi) is 5.76. The monoisotopic (exact) mass is 265 g/mol. The second-order valence-corrected chi connectivity index (χ2v) is 5.52. The van der Waals surface area contributed by atoms with Crippen LogP contribution in [0.5, 0.6) is 0 Å². The molecule has 0 saturated heterocycles. The summed E-state index contributed by atoms with van der Waals surface area (Å²) in [5.74, 6) is 0.959. The molecular weight excluding hydrogens is 238 g/mol. The zero-order chi connectivity index (χ0) is 14.5. The fraction of sp³-hybridized carbons (Fsp3) is 0.667. The number of aromatic nitrogens is 1. The van der Waals surface area contributed by atoms with Gasteiger partial charge in [0.05, 0.1) is 5.60 Å². The first kappa shape index (κ1) is 15.9. The maximum atomic E-state index is 10.0. The average molecular weight is 265 g/mol. The van der Waals surface area contributed by atoms with E-state index in [1.807, 2.05) is 26.1 Å². The number of nitrogens with zero attached hydrogens (tertiary/aromatic N) is 2. The molecule has 0 amide bonds. The fourth-order valence-electron chi connectivity index (χ4n) is 2.23. The lowest BCUT2D eigenvalue weighted by molar-refractivity contribution is 0.0873. The third-order valence-corrected chi connectivity index (χ3v) is 3.05. The number of hydrogen-bond acceptors (Lipinski definition) is 4. The molecule has 0 aromatic carbocycles. The number of aliphatic hydroxyl groups is 1. The first-order valence-corrected chi connectivity index (χ1v) is 7.04. The van der Waals surface area contributed by atoms with Gasteiger partial charge in [-0.05, 0) is 40.3 Å². The van der Waals surface area contributed by atoms with Crippen LogP contribution in [0.3, 0.4) is 0 Å². The van der Waals surface area contributed by atoms with Crippen LogP contribution in [0.25, 0.3) is 0 Å². The van der Waals surface area contributed by atoms with Crippen LogP contribution >= 0.6 is 0 Å². The van der Waals surface area contributed by atoms with Crippen molar-refractivity contribution in [2.75, 3.05) is 24.5 Å². The van der Waals surface area contributed by atoms with Crippen molar-refractivity contribution >= 4 is 5.82 Å². The van der Waals surface area contributed by atoms with Crippen LogP contribution in [-0.4, -0.2) is 35.3 Å². The Morgan fingerprint density at radius 2 is 2.11 bits per heavy atom. The summed E-state index contributed by atoms with van der Waals surface area (Å²) in [6.45, 7) is 12.3. The van der Waals surface area contributed by atoms with Crippen LogP contribution in [0.2, 0.25) is 0 Å². The number of anilines is 1. The lowest BCUT2D eigenvalue weighted by Crippen LogP contribution is -2.40. The Labute approximate surface area is 116 Å². The van der Waals surface area contributed by atoms with Gasteiger partial charge in [-0.3, -0.25) is 0 Å². The molecule has 0 aliphatic heterocycles. The molecule has 2 N–H and O–H groups in total. The van der Waals surface area contributed by atoms with Gasteiger partial charge in [0, 0.05) is 30.9 Å². The molecule has 1 unspecified atom stereocenters. The Morgan fingerprint density at radius 1 is 1.42 bits per heavy atom. The van der Waals surface area contributed by atoms with Crippen molar-refractivity contribution in [2.45, 2.75) is 46.3 Å². The molecule has 1 aromatic heterocycles. The van der Waals surface area contributed by atoms with Crippen LogP contribution in [-0.2, 0) is 0 Å². The standard InChI is InChI=1S/C15H27N3O/c1-6-16-12(3)13-9-8-10-17-14(13)18(7-2)11-15(4,5)19/h8-10,12,16,19H,6-7,11H2,1-5H3. The molecule has 1 heterocycles. The van der Waals surface area contributed by atoms with Gasteiger partial charge in [-0.1, -0.05) is 13.0 Å². The summed E-state index contributed by atoms with van der Waals surface area (Å²) in [6, 6.07) is 4.32. The Bertz CT molecular complexity index is 387. The molecule has 4 nitrogen and oxygen atoms in total. The summed E-state index contributed by atoms with van der Waals surface area (Å²) in [5.41, 5.74) is 0.446. The summed E-state index contributed by atoms with van der Waals surface area (Å²) < 4.78 is 0. The lowest BCUT2D eigenvalue weighted by atomic mass is 10.1. The van der Waals surface area contributed by atoms with E-state index in [0.29, 0.717) is 6.54 Å². The third kappa shape index (κ3) is 4.80. The number of pyridine rings is 1. The summed E-state index contributed by atoms with van der Waals surface area (Å²) in [5, 5.41) is 13.4. The lowest BCUT2D eigenvalue weighted by Gasteiger charge is -2.31. The topological polar surface area (TPSA) is 48.4 Å². The summed E-state index contributed by atoms with van der Waals surface area (Å²) in [7, 11) is 0. The first-order valence-electron chi connectivity index (χ1n) is 7.04. The van der Waals surface area contributed by atoms with Crippen molar-refractivity contribution in [2.24, 2.45) is 0 Å². The van der Waals surface area contributed by atoms with E-state index in [2.05, 4.69) is 42.0 Å². The van der Waals surface area contributed by atoms with E-state index in [1.165, 1.54) is 5.56 Å². The minimum atomic E-state index is -0.730. The molecule has 0 fully saturated rings. The third-order valence-electron chi connectivity index (χ3n) is 3.05. The number of hydrogen-bond donors (Lipinski definition) is 2. The number of nitrogens with one attached hydrogen (secondary N) is 1. The average Bonchev–Trinajstić information content (AvgIpc) is 2.35. The van der Waals surface area contributed by atoms with Crippen molar-refractivity contribution in [3.8, 4) is 0 Å². The zero-order valence-corrected chi connectivity index (χ0v) is 12.8. The summed E-state index contributed by atoms with van der Waals surface area (Å²) in [6.07, 6.45) is 1.81. The van der Waals surface area contributed by atoms with E-state index in [0.717, 1.165) is 18.9 Å². The highest BCUT2D eigenvalue weighted by molar-refractivity contribution is 5.48. The van der Waals surface area contributed by atoms with Gasteiger partial charge in [-0.2, -0.15) is 0 Å². The molecule has 19 heavy (non-hydrogen) atoms. The predicted molar refractivity (Wildman–Crippen MR) is 80.5 cm³/mol. The zero-order valence-electron chi connectivity index (χ0n) is 12.8. The molecule has 0 radical (unpaired) electrons. The molecule has 4 heteroatoms. The first-order chi connectivity index (χ1) is 8.89. The molecule has 1 aromatic rings. The van der Waals surface area contributed by atoms with Crippen LogP contribution in [0.15, 0.2) is 18.3 Å². The van der Waals surface area contributed by atoms with Gasteiger partial charge in [-0.15, -0.1) is 0 Å². The van der Waals surface area contributed by atoms with Crippen molar-refractivity contribution in [3.63, 3.8) is 0 Å². The largest absolute Gasteiger partial charge is 0.389 e. The van der Waals surface area contributed by atoms with Crippen LogP contribution in [0.4, 0.5) is 5.82 Å². The minimum absolute atomic E-state index is 0.254. The van der Waals surface area contributed by atoms with Gasteiger partial charge in [0.15, 0.2) is 0 Å². The molecular formula is C15H27N3O. The number of rotatable bonds is 7. The normalized spacial score (nSPS) is 13.4. The van der Waals surface area contributed by atoms with Crippen LogP contribution in [0.1, 0.15) is 46.2 Å². The molecule has 0 spiro atoms. The SMILES string of the molecule is CCNC(C)c1cccnc1N(CC)CC(C)(C)O. The van der Waals surface area contributed by atoms with E-state index in [4.69, 9.17) is 0 Å². The van der Waals surface area contributed by atoms with Crippen molar-refractivity contribution in [1.82, 2.24) is 10.3 Å². The highest BCUT2D eigenvalue weighted by Crippen LogP contribution is 2.24. The molecule has 0 aliphatic rings. The fourth-order valence-corrected chi connectivity index (χ4v) is 2.23. The summed E-state index contributed by atoms with van der Waals surface area (Å²) >= 11 is 0. The number of likely N-dealkylation sites (N-methyl/N-ethyl adjacent to an activating group) is 1.